The van der Waals surface area contributed by atoms with E-state index < -0.39 is 17.4 Å². The van der Waals surface area contributed by atoms with Crippen molar-refractivity contribution in [2.24, 2.45) is 5.73 Å². The summed E-state index contributed by atoms with van der Waals surface area (Å²) in [6, 6.07) is 5.62. The number of halogens is 3. The molecule has 1 saturated carbocycles. The Morgan fingerprint density at radius 3 is 2.41 bits per heavy atom. The maximum absolute atomic E-state index is 13.2. The molecule has 0 bridgehead atoms. The lowest BCUT2D eigenvalue weighted by atomic mass is 9.97. The monoisotopic (exact) mass is 411 g/mol. The van der Waals surface area contributed by atoms with E-state index in [2.05, 4.69) is 10.3 Å². The molecule has 1 aliphatic rings. The zero-order chi connectivity index (χ0) is 21.4. The van der Waals surface area contributed by atoms with Gasteiger partial charge in [0.1, 0.15) is 5.82 Å². The van der Waals surface area contributed by atoms with E-state index in [1.807, 2.05) is 0 Å². The SMILES string of the molecule is CCNCc1ccc(-n2ccc(N)nc2=O)cc1C(F)(F)F.NC1CCCCC1. The molecule has 0 unspecified atom stereocenters. The zero-order valence-electron chi connectivity index (χ0n) is 16.5. The van der Waals surface area contributed by atoms with Crippen LogP contribution in [0.1, 0.15) is 50.2 Å². The first kappa shape index (κ1) is 22.9. The Balaban J connectivity index is 0.000000360. The Morgan fingerprint density at radius 2 is 1.90 bits per heavy atom. The maximum atomic E-state index is 13.2. The number of rotatable bonds is 4. The van der Waals surface area contributed by atoms with Gasteiger partial charge >= 0.3 is 11.9 Å². The molecular formula is C20H28F3N5O. The number of nitrogens with two attached hydrogens (primary N) is 2. The minimum Gasteiger partial charge on any atom is -0.383 e. The summed E-state index contributed by atoms with van der Waals surface area (Å²) in [6.07, 6.45) is 3.45. The normalized spacial score (nSPS) is 14.9. The third kappa shape index (κ3) is 6.86. The third-order valence-electron chi connectivity index (χ3n) is 4.72. The fourth-order valence-electron chi connectivity index (χ4n) is 3.14. The summed E-state index contributed by atoms with van der Waals surface area (Å²) < 4.78 is 40.6. The molecule has 0 amide bonds. The molecule has 5 N–H and O–H groups in total. The average molecular weight is 411 g/mol. The lowest BCUT2D eigenvalue weighted by molar-refractivity contribution is -0.138. The van der Waals surface area contributed by atoms with Crippen LogP contribution in [0, 0.1) is 0 Å². The van der Waals surface area contributed by atoms with Crippen molar-refractivity contribution in [3.8, 4) is 5.69 Å². The molecule has 9 heteroatoms. The van der Waals surface area contributed by atoms with Gasteiger partial charge in [-0.15, -0.1) is 0 Å². The molecule has 2 aromatic rings. The fraction of sp³-hybridized carbons (Fsp3) is 0.500. The number of nitrogens with zero attached hydrogens (tertiary/aromatic N) is 2. The van der Waals surface area contributed by atoms with Crippen molar-refractivity contribution >= 4 is 5.82 Å². The van der Waals surface area contributed by atoms with Crippen molar-refractivity contribution < 1.29 is 13.2 Å². The Bertz CT molecular complexity index is 845. The second-order valence-corrected chi connectivity index (χ2v) is 7.02. The number of anilines is 1. The lowest BCUT2D eigenvalue weighted by Gasteiger charge is -2.15. The first-order valence-electron chi connectivity index (χ1n) is 9.74. The molecule has 0 radical (unpaired) electrons. The molecule has 160 valence electrons. The Morgan fingerprint density at radius 1 is 1.21 bits per heavy atom. The van der Waals surface area contributed by atoms with Crippen LogP contribution in [0.2, 0.25) is 0 Å². The number of nitrogens with one attached hydrogen (secondary N) is 1. The number of nitrogen functional groups attached to an aromatic ring is 1. The summed E-state index contributed by atoms with van der Waals surface area (Å²) in [4.78, 5) is 15.2. The molecule has 1 aromatic carbocycles. The quantitative estimate of drug-likeness (QED) is 0.718. The summed E-state index contributed by atoms with van der Waals surface area (Å²) in [5.74, 6) is 0.0149. The third-order valence-corrected chi connectivity index (χ3v) is 4.72. The van der Waals surface area contributed by atoms with E-state index in [1.54, 1.807) is 6.92 Å². The van der Waals surface area contributed by atoms with Crippen LogP contribution in [-0.2, 0) is 12.7 Å². The molecule has 0 spiro atoms. The minimum atomic E-state index is -4.51. The van der Waals surface area contributed by atoms with Gasteiger partial charge in [-0.2, -0.15) is 18.2 Å². The Kier molecular flexibility index (Phi) is 8.21. The molecule has 0 atom stereocenters. The zero-order valence-corrected chi connectivity index (χ0v) is 16.5. The van der Waals surface area contributed by atoms with Crippen LogP contribution in [0.5, 0.6) is 0 Å². The number of alkyl halides is 3. The smallest absolute Gasteiger partial charge is 0.383 e. The van der Waals surface area contributed by atoms with Crippen LogP contribution in [0.25, 0.3) is 5.69 Å². The van der Waals surface area contributed by atoms with E-state index in [1.165, 1.54) is 56.5 Å². The van der Waals surface area contributed by atoms with Crippen molar-refractivity contribution in [3.05, 3.63) is 52.1 Å². The van der Waals surface area contributed by atoms with E-state index in [9.17, 15) is 18.0 Å². The molecule has 3 rings (SSSR count). The average Bonchev–Trinajstić information content (AvgIpc) is 2.67. The number of hydrogen-bond donors (Lipinski definition) is 3. The van der Waals surface area contributed by atoms with Gasteiger partial charge in [0.2, 0.25) is 0 Å². The molecule has 1 aromatic heterocycles. The van der Waals surface area contributed by atoms with E-state index >= 15 is 0 Å². The largest absolute Gasteiger partial charge is 0.416 e. The molecular weight excluding hydrogens is 383 g/mol. The maximum Gasteiger partial charge on any atom is 0.416 e. The molecule has 0 aliphatic heterocycles. The van der Waals surface area contributed by atoms with Gasteiger partial charge in [-0.3, -0.25) is 4.57 Å². The standard InChI is InChI=1S/C14H15F3N4O.C6H13N/c1-2-19-8-9-3-4-10(7-11(9)14(15,16)17)21-6-5-12(18)20-13(21)22;7-6-4-2-1-3-5-6/h3-7,19H,2,8H2,1H3,(H2,18,20,22);6H,1-5,7H2. The van der Waals surface area contributed by atoms with Gasteiger partial charge in [-0.25, -0.2) is 4.79 Å². The van der Waals surface area contributed by atoms with Gasteiger partial charge in [0.25, 0.3) is 0 Å². The highest BCUT2D eigenvalue weighted by molar-refractivity contribution is 5.43. The molecule has 29 heavy (non-hydrogen) atoms. The highest BCUT2D eigenvalue weighted by atomic mass is 19.4. The van der Waals surface area contributed by atoms with Crippen LogP contribution in [-0.4, -0.2) is 22.1 Å². The predicted molar refractivity (Wildman–Crippen MR) is 108 cm³/mol. The van der Waals surface area contributed by atoms with Gasteiger partial charge in [0.15, 0.2) is 0 Å². The van der Waals surface area contributed by atoms with Gasteiger partial charge in [0.05, 0.1) is 11.3 Å². The predicted octanol–water partition coefficient (Wildman–Crippen LogP) is 3.22. The van der Waals surface area contributed by atoms with Gasteiger partial charge in [0, 0.05) is 18.8 Å². The van der Waals surface area contributed by atoms with Crippen LogP contribution >= 0.6 is 0 Å². The van der Waals surface area contributed by atoms with Crippen molar-refractivity contribution in [1.29, 1.82) is 0 Å². The van der Waals surface area contributed by atoms with Crippen LogP contribution in [0.15, 0.2) is 35.3 Å². The van der Waals surface area contributed by atoms with Crippen LogP contribution < -0.4 is 22.5 Å². The molecule has 6 nitrogen and oxygen atoms in total. The molecule has 1 aliphatic carbocycles. The minimum absolute atomic E-state index is 0.0149. The molecule has 0 saturated heterocycles. The number of aromatic nitrogens is 2. The highest BCUT2D eigenvalue weighted by Gasteiger charge is 2.33. The molecule has 1 heterocycles. The summed E-state index contributed by atoms with van der Waals surface area (Å²) in [6.45, 7) is 2.46. The summed E-state index contributed by atoms with van der Waals surface area (Å²) in [7, 11) is 0. The number of benzene rings is 1. The van der Waals surface area contributed by atoms with Gasteiger partial charge < -0.3 is 16.8 Å². The first-order chi connectivity index (χ1) is 13.7. The second kappa shape index (κ2) is 10.4. The van der Waals surface area contributed by atoms with E-state index in [-0.39, 0.29) is 23.6 Å². The lowest BCUT2D eigenvalue weighted by Crippen LogP contribution is -2.23. The summed E-state index contributed by atoms with van der Waals surface area (Å²) >= 11 is 0. The van der Waals surface area contributed by atoms with Gasteiger partial charge in [-0.05, 0) is 43.1 Å². The molecule has 1 fully saturated rings. The van der Waals surface area contributed by atoms with Crippen molar-refractivity contribution in [3.63, 3.8) is 0 Å². The topological polar surface area (TPSA) is 99.0 Å². The summed E-state index contributed by atoms with van der Waals surface area (Å²) in [5.41, 5.74) is 9.70. The Labute approximate surface area is 168 Å². The van der Waals surface area contributed by atoms with E-state index in [0.717, 1.165) is 10.6 Å². The second-order valence-electron chi connectivity index (χ2n) is 7.02. The van der Waals surface area contributed by atoms with Crippen molar-refractivity contribution in [1.82, 2.24) is 14.9 Å². The van der Waals surface area contributed by atoms with E-state index in [4.69, 9.17) is 11.5 Å². The van der Waals surface area contributed by atoms with Crippen molar-refractivity contribution in [2.45, 2.75) is 57.8 Å². The highest BCUT2D eigenvalue weighted by Crippen LogP contribution is 2.33. The summed E-state index contributed by atoms with van der Waals surface area (Å²) in [5, 5.41) is 2.86. The van der Waals surface area contributed by atoms with Crippen molar-refractivity contribution in [2.75, 3.05) is 12.3 Å². The van der Waals surface area contributed by atoms with Crippen LogP contribution in [0.4, 0.5) is 19.0 Å². The number of hydrogen-bond acceptors (Lipinski definition) is 5. The first-order valence-corrected chi connectivity index (χ1v) is 9.74. The van der Waals surface area contributed by atoms with Crippen LogP contribution in [0.3, 0.4) is 0 Å². The van der Waals surface area contributed by atoms with Gasteiger partial charge in [-0.1, -0.05) is 32.3 Å². The van der Waals surface area contributed by atoms with E-state index in [0.29, 0.717) is 12.6 Å². The Hall–Kier alpha value is -2.39. The fourth-order valence-corrected chi connectivity index (χ4v) is 3.14.